The van der Waals surface area contributed by atoms with E-state index in [1.165, 1.54) is 6.26 Å². The van der Waals surface area contributed by atoms with Crippen molar-refractivity contribution >= 4 is 22.6 Å². The van der Waals surface area contributed by atoms with Crippen molar-refractivity contribution in [1.29, 1.82) is 0 Å². The van der Waals surface area contributed by atoms with Crippen LogP contribution >= 0.6 is 0 Å². The fraction of sp³-hybridized carbons (Fsp3) is 0.222. The molecule has 2 N–H and O–H groups in total. The maximum atomic E-state index is 10.8. The molecule has 1 atom stereocenters. The van der Waals surface area contributed by atoms with Crippen molar-refractivity contribution in [2.45, 2.75) is 6.42 Å². The quantitative estimate of drug-likeness (QED) is 0.784. The van der Waals surface area contributed by atoms with E-state index in [1.54, 1.807) is 24.3 Å². The van der Waals surface area contributed by atoms with E-state index in [0.29, 0.717) is 11.3 Å². The zero-order valence-corrected chi connectivity index (χ0v) is 8.50. The minimum atomic E-state index is -1.13. The van der Waals surface area contributed by atoms with Crippen LogP contribution in [-0.4, -0.2) is 21.5 Å². The van der Waals surface area contributed by atoms with Gasteiger partial charge in [0, 0.05) is 11.9 Å². The SMILES string of the molecule is CS(=O)Nc1cccc(CC(=O)O)c1. The molecule has 0 amide bonds. The zero-order chi connectivity index (χ0) is 10.6. The summed E-state index contributed by atoms with van der Waals surface area (Å²) < 4.78 is 13.5. The molecule has 0 heterocycles. The van der Waals surface area contributed by atoms with E-state index >= 15 is 0 Å². The molecule has 0 saturated carbocycles. The summed E-state index contributed by atoms with van der Waals surface area (Å²) in [7, 11) is -1.13. The molecule has 4 nitrogen and oxygen atoms in total. The number of hydrogen-bond acceptors (Lipinski definition) is 2. The van der Waals surface area contributed by atoms with Crippen LogP contribution in [0.1, 0.15) is 5.56 Å². The van der Waals surface area contributed by atoms with Gasteiger partial charge >= 0.3 is 5.97 Å². The first-order valence-corrected chi connectivity index (χ1v) is 5.54. The molecule has 0 fully saturated rings. The molecule has 0 aromatic heterocycles. The second-order valence-corrected chi connectivity index (χ2v) is 3.94. The van der Waals surface area contributed by atoms with Crippen LogP contribution in [0.2, 0.25) is 0 Å². The summed E-state index contributed by atoms with van der Waals surface area (Å²) in [5.74, 6) is -0.875. The van der Waals surface area contributed by atoms with Gasteiger partial charge in [-0.3, -0.25) is 4.79 Å². The first kappa shape index (κ1) is 10.7. The van der Waals surface area contributed by atoms with Crippen LogP contribution in [0.3, 0.4) is 0 Å². The van der Waals surface area contributed by atoms with Crippen LogP contribution in [0.25, 0.3) is 0 Å². The summed E-state index contributed by atoms with van der Waals surface area (Å²) in [6.07, 6.45) is 1.50. The molecular formula is C9H11NO3S. The monoisotopic (exact) mass is 213 g/mol. The van der Waals surface area contributed by atoms with Crippen LogP contribution in [0, 0.1) is 0 Å². The molecule has 0 aliphatic carbocycles. The Morgan fingerprint density at radius 1 is 1.57 bits per heavy atom. The van der Waals surface area contributed by atoms with E-state index in [0.717, 1.165) is 0 Å². The first-order chi connectivity index (χ1) is 6.58. The predicted molar refractivity (Wildman–Crippen MR) is 55.5 cm³/mol. The molecule has 0 radical (unpaired) electrons. The minimum Gasteiger partial charge on any atom is -0.481 e. The van der Waals surface area contributed by atoms with Gasteiger partial charge in [-0.1, -0.05) is 12.1 Å². The number of hydrogen-bond donors (Lipinski definition) is 2. The summed E-state index contributed by atoms with van der Waals surface area (Å²) in [6.45, 7) is 0. The molecule has 1 aromatic rings. The molecule has 0 spiro atoms. The highest BCUT2D eigenvalue weighted by Crippen LogP contribution is 2.11. The Labute approximate surface area is 84.5 Å². The van der Waals surface area contributed by atoms with Crippen LogP contribution in [-0.2, 0) is 22.2 Å². The topological polar surface area (TPSA) is 66.4 Å². The van der Waals surface area contributed by atoms with E-state index < -0.39 is 17.0 Å². The lowest BCUT2D eigenvalue weighted by molar-refractivity contribution is -0.136. The Kier molecular flexibility index (Phi) is 3.64. The van der Waals surface area contributed by atoms with Gasteiger partial charge in [0.1, 0.15) is 11.0 Å². The van der Waals surface area contributed by atoms with Gasteiger partial charge in [0.2, 0.25) is 0 Å². The largest absolute Gasteiger partial charge is 0.481 e. The summed E-state index contributed by atoms with van der Waals surface area (Å²) in [4.78, 5) is 10.4. The van der Waals surface area contributed by atoms with Crippen molar-refractivity contribution in [1.82, 2.24) is 0 Å². The van der Waals surface area contributed by atoms with Crippen molar-refractivity contribution in [3.05, 3.63) is 29.8 Å². The second kappa shape index (κ2) is 4.76. The molecule has 76 valence electrons. The maximum absolute atomic E-state index is 10.8. The number of benzene rings is 1. The maximum Gasteiger partial charge on any atom is 0.307 e. The minimum absolute atomic E-state index is 0.0220. The molecule has 0 bridgehead atoms. The normalized spacial score (nSPS) is 12.1. The van der Waals surface area contributed by atoms with Gasteiger partial charge in [0.05, 0.1) is 6.42 Å². The van der Waals surface area contributed by atoms with Crippen molar-refractivity contribution in [2.75, 3.05) is 11.0 Å². The van der Waals surface area contributed by atoms with E-state index in [1.807, 2.05) is 0 Å². The summed E-state index contributed by atoms with van der Waals surface area (Å²) in [5, 5.41) is 8.56. The van der Waals surface area contributed by atoms with Crippen LogP contribution < -0.4 is 4.72 Å². The molecule has 1 aromatic carbocycles. The zero-order valence-electron chi connectivity index (χ0n) is 7.69. The third-order valence-corrected chi connectivity index (χ3v) is 2.07. The van der Waals surface area contributed by atoms with Gasteiger partial charge in [0.25, 0.3) is 0 Å². The highest BCUT2D eigenvalue weighted by molar-refractivity contribution is 7.85. The van der Waals surface area contributed by atoms with Crippen LogP contribution in [0.5, 0.6) is 0 Å². The van der Waals surface area contributed by atoms with Gasteiger partial charge < -0.3 is 9.83 Å². The average molecular weight is 213 g/mol. The van der Waals surface area contributed by atoms with Gasteiger partial charge in [0.15, 0.2) is 0 Å². The van der Waals surface area contributed by atoms with Crippen LogP contribution in [0.4, 0.5) is 5.69 Å². The third-order valence-electron chi connectivity index (χ3n) is 1.54. The number of anilines is 1. The molecule has 1 rings (SSSR count). The fourth-order valence-electron chi connectivity index (χ4n) is 1.09. The van der Waals surface area contributed by atoms with Gasteiger partial charge in [-0.05, 0) is 17.7 Å². The Bertz CT molecular complexity index is 334. The van der Waals surface area contributed by atoms with Crippen molar-refractivity contribution in [3.63, 3.8) is 0 Å². The second-order valence-electron chi connectivity index (χ2n) is 2.83. The number of nitrogens with one attached hydrogen (secondary N) is 1. The molecule has 5 heteroatoms. The van der Waals surface area contributed by atoms with Crippen molar-refractivity contribution in [3.8, 4) is 0 Å². The first-order valence-electron chi connectivity index (χ1n) is 3.99. The Morgan fingerprint density at radius 3 is 2.86 bits per heavy atom. The van der Waals surface area contributed by atoms with Gasteiger partial charge in [-0.25, -0.2) is 4.21 Å². The Balaban J connectivity index is 2.78. The van der Waals surface area contributed by atoms with Crippen molar-refractivity contribution in [2.24, 2.45) is 0 Å². The smallest absolute Gasteiger partial charge is 0.307 e. The fourth-order valence-corrected chi connectivity index (χ4v) is 1.54. The highest BCUT2D eigenvalue weighted by atomic mass is 32.2. The molecule has 0 aliphatic heterocycles. The lowest BCUT2D eigenvalue weighted by Gasteiger charge is -2.03. The number of carboxylic acids is 1. The summed E-state index contributed by atoms with van der Waals surface area (Å²) in [5.41, 5.74) is 1.36. The van der Waals surface area contributed by atoms with Crippen LogP contribution in [0.15, 0.2) is 24.3 Å². The third kappa shape index (κ3) is 3.57. The summed E-state index contributed by atoms with van der Waals surface area (Å²) >= 11 is 0. The Morgan fingerprint density at radius 2 is 2.29 bits per heavy atom. The molecule has 0 aliphatic rings. The highest BCUT2D eigenvalue weighted by Gasteiger charge is 2.01. The number of aliphatic carboxylic acids is 1. The number of rotatable bonds is 4. The van der Waals surface area contributed by atoms with E-state index in [2.05, 4.69) is 4.72 Å². The van der Waals surface area contributed by atoms with E-state index in [9.17, 15) is 9.00 Å². The standard InChI is InChI=1S/C9H11NO3S/c1-14(13)10-8-4-2-3-7(5-8)6-9(11)12/h2-5,10H,6H2,1H3,(H,11,12). The van der Waals surface area contributed by atoms with Gasteiger partial charge in [-0.15, -0.1) is 0 Å². The lowest BCUT2D eigenvalue weighted by Crippen LogP contribution is -2.03. The Hall–Kier alpha value is -1.36. The predicted octanol–water partition coefficient (Wildman–Crippen LogP) is 1.02. The van der Waals surface area contributed by atoms with E-state index in [4.69, 9.17) is 5.11 Å². The summed E-state index contributed by atoms with van der Waals surface area (Å²) in [6, 6.07) is 6.87. The molecule has 14 heavy (non-hydrogen) atoms. The number of carbonyl (C=O) groups is 1. The average Bonchev–Trinajstić information content (AvgIpc) is 2.01. The number of carboxylic acid groups (broad SMARTS) is 1. The van der Waals surface area contributed by atoms with E-state index in [-0.39, 0.29) is 6.42 Å². The molecule has 1 unspecified atom stereocenters. The molecule has 0 saturated heterocycles. The van der Waals surface area contributed by atoms with Crippen molar-refractivity contribution < 1.29 is 14.1 Å². The van der Waals surface area contributed by atoms with Gasteiger partial charge in [-0.2, -0.15) is 0 Å². The lowest BCUT2D eigenvalue weighted by atomic mass is 10.1. The molecular weight excluding hydrogens is 202 g/mol.